The fourth-order valence-corrected chi connectivity index (χ4v) is 2.51. The highest BCUT2D eigenvalue weighted by Crippen LogP contribution is 2.39. The van der Waals surface area contributed by atoms with Crippen LogP contribution in [0.1, 0.15) is 30.0 Å². The van der Waals surface area contributed by atoms with E-state index >= 15 is 0 Å². The Balaban J connectivity index is 1.76. The van der Waals surface area contributed by atoms with Crippen molar-refractivity contribution in [3.8, 4) is 11.5 Å². The van der Waals surface area contributed by atoms with Crippen molar-refractivity contribution in [2.75, 3.05) is 26.2 Å². The SMILES string of the molecule is COc1ccc(CN(C)c2cc(C3CC3)ncn2)cc1OC. The van der Waals surface area contributed by atoms with E-state index in [1.165, 1.54) is 12.8 Å². The largest absolute Gasteiger partial charge is 0.493 e. The lowest BCUT2D eigenvalue weighted by Gasteiger charge is -2.19. The molecule has 1 heterocycles. The Labute approximate surface area is 130 Å². The monoisotopic (exact) mass is 299 g/mol. The first kappa shape index (κ1) is 14.6. The van der Waals surface area contributed by atoms with Crippen LogP contribution >= 0.6 is 0 Å². The topological polar surface area (TPSA) is 47.5 Å². The van der Waals surface area contributed by atoms with E-state index in [1.807, 2.05) is 25.2 Å². The van der Waals surface area contributed by atoms with Gasteiger partial charge in [0.15, 0.2) is 11.5 Å². The molecule has 1 aliphatic carbocycles. The Morgan fingerprint density at radius 1 is 1.09 bits per heavy atom. The smallest absolute Gasteiger partial charge is 0.161 e. The molecule has 0 amide bonds. The summed E-state index contributed by atoms with van der Waals surface area (Å²) in [4.78, 5) is 10.9. The quantitative estimate of drug-likeness (QED) is 0.820. The van der Waals surface area contributed by atoms with Crippen molar-refractivity contribution in [3.63, 3.8) is 0 Å². The van der Waals surface area contributed by atoms with E-state index in [0.717, 1.165) is 35.1 Å². The molecule has 0 aliphatic heterocycles. The van der Waals surface area contributed by atoms with Crippen LogP contribution in [0.5, 0.6) is 11.5 Å². The van der Waals surface area contributed by atoms with Crippen LogP contribution in [0, 0.1) is 0 Å². The summed E-state index contributed by atoms with van der Waals surface area (Å²) in [5.41, 5.74) is 2.30. The molecule has 1 fully saturated rings. The van der Waals surface area contributed by atoms with Crippen LogP contribution in [0.4, 0.5) is 5.82 Å². The highest BCUT2D eigenvalue weighted by molar-refractivity contribution is 5.45. The minimum absolute atomic E-state index is 0.635. The highest BCUT2D eigenvalue weighted by atomic mass is 16.5. The maximum Gasteiger partial charge on any atom is 0.161 e. The van der Waals surface area contributed by atoms with Gasteiger partial charge in [0.1, 0.15) is 12.1 Å². The molecule has 0 spiro atoms. The average Bonchev–Trinajstić information content (AvgIpc) is 3.39. The van der Waals surface area contributed by atoms with Gasteiger partial charge < -0.3 is 14.4 Å². The third kappa shape index (κ3) is 3.13. The zero-order valence-electron chi connectivity index (χ0n) is 13.2. The van der Waals surface area contributed by atoms with E-state index in [-0.39, 0.29) is 0 Å². The number of aromatic nitrogens is 2. The number of hydrogen-bond acceptors (Lipinski definition) is 5. The first-order valence-corrected chi connectivity index (χ1v) is 7.45. The number of ether oxygens (including phenoxy) is 2. The molecule has 0 saturated heterocycles. The fourth-order valence-electron chi connectivity index (χ4n) is 2.51. The second-order valence-corrected chi connectivity index (χ2v) is 5.62. The van der Waals surface area contributed by atoms with Crippen molar-refractivity contribution < 1.29 is 9.47 Å². The van der Waals surface area contributed by atoms with Gasteiger partial charge in [-0.1, -0.05) is 6.07 Å². The van der Waals surface area contributed by atoms with E-state index in [4.69, 9.17) is 9.47 Å². The van der Waals surface area contributed by atoms with E-state index in [9.17, 15) is 0 Å². The summed E-state index contributed by atoms with van der Waals surface area (Å²) in [5.74, 6) is 3.07. The van der Waals surface area contributed by atoms with E-state index in [2.05, 4.69) is 20.9 Å². The van der Waals surface area contributed by atoms with Crippen molar-refractivity contribution in [1.82, 2.24) is 9.97 Å². The third-order valence-corrected chi connectivity index (χ3v) is 3.93. The van der Waals surface area contributed by atoms with Crippen molar-refractivity contribution >= 4 is 5.82 Å². The normalized spacial score (nSPS) is 13.8. The zero-order valence-corrected chi connectivity index (χ0v) is 13.2. The molecule has 1 saturated carbocycles. The molecule has 5 heteroatoms. The molecule has 0 atom stereocenters. The number of rotatable bonds is 6. The molecule has 0 unspecified atom stereocenters. The van der Waals surface area contributed by atoms with Gasteiger partial charge >= 0.3 is 0 Å². The van der Waals surface area contributed by atoms with Gasteiger partial charge in [0.25, 0.3) is 0 Å². The Morgan fingerprint density at radius 3 is 2.55 bits per heavy atom. The van der Waals surface area contributed by atoms with Crippen molar-refractivity contribution in [2.24, 2.45) is 0 Å². The summed E-state index contributed by atoms with van der Waals surface area (Å²) in [6.07, 6.45) is 4.15. The molecule has 1 aliphatic rings. The predicted molar refractivity (Wildman–Crippen MR) is 85.7 cm³/mol. The summed E-state index contributed by atoms with van der Waals surface area (Å²) in [6.45, 7) is 0.751. The molecule has 0 N–H and O–H groups in total. The summed E-state index contributed by atoms with van der Waals surface area (Å²) in [5, 5.41) is 0. The molecule has 0 bridgehead atoms. The van der Waals surface area contributed by atoms with Gasteiger partial charge in [-0.05, 0) is 30.5 Å². The van der Waals surface area contributed by atoms with Gasteiger partial charge in [0, 0.05) is 31.3 Å². The first-order valence-electron chi connectivity index (χ1n) is 7.45. The van der Waals surface area contributed by atoms with Crippen molar-refractivity contribution in [1.29, 1.82) is 0 Å². The minimum Gasteiger partial charge on any atom is -0.493 e. The molecule has 22 heavy (non-hydrogen) atoms. The second kappa shape index (κ2) is 6.22. The second-order valence-electron chi connectivity index (χ2n) is 5.62. The van der Waals surface area contributed by atoms with Crippen LogP contribution in [0.15, 0.2) is 30.6 Å². The Morgan fingerprint density at radius 2 is 1.86 bits per heavy atom. The number of methoxy groups -OCH3 is 2. The third-order valence-electron chi connectivity index (χ3n) is 3.93. The lowest BCUT2D eigenvalue weighted by atomic mass is 10.2. The maximum atomic E-state index is 5.35. The first-order chi connectivity index (χ1) is 10.7. The van der Waals surface area contributed by atoms with Gasteiger partial charge in [-0.25, -0.2) is 9.97 Å². The van der Waals surface area contributed by atoms with Crippen LogP contribution in [0.2, 0.25) is 0 Å². The fraction of sp³-hybridized carbons (Fsp3) is 0.412. The van der Waals surface area contributed by atoms with Crippen molar-refractivity contribution in [3.05, 3.63) is 41.9 Å². The van der Waals surface area contributed by atoms with Gasteiger partial charge in [0.05, 0.1) is 14.2 Å². The van der Waals surface area contributed by atoms with Gasteiger partial charge in [-0.2, -0.15) is 0 Å². The summed E-state index contributed by atoms with van der Waals surface area (Å²) in [6, 6.07) is 8.06. The molecule has 2 aromatic rings. The zero-order chi connectivity index (χ0) is 15.5. The Kier molecular flexibility index (Phi) is 4.13. The van der Waals surface area contributed by atoms with Gasteiger partial charge in [0.2, 0.25) is 0 Å². The standard InChI is InChI=1S/C17H21N3O2/c1-20(17-9-14(13-5-6-13)18-11-19-17)10-12-4-7-15(21-2)16(8-12)22-3/h4,7-9,11,13H,5-6,10H2,1-3H3. The van der Waals surface area contributed by atoms with Gasteiger partial charge in [-0.3, -0.25) is 0 Å². The number of hydrogen-bond donors (Lipinski definition) is 0. The average molecular weight is 299 g/mol. The van der Waals surface area contributed by atoms with Gasteiger partial charge in [-0.15, -0.1) is 0 Å². The van der Waals surface area contributed by atoms with E-state index < -0.39 is 0 Å². The summed E-state index contributed by atoms with van der Waals surface area (Å²) in [7, 11) is 5.33. The van der Waals surface area contributed by atoms with Crippen LogP contribution in [0.25, 0.3) is 0 Å². The molecule has 1 aromatic heterocycles. The molecule has 3 rings (SSSR count). The number of benzene rings is 1. The summed E-state index contributed by atoms with van der Waals surface area (Å²) >= 11 is 0. The van der Waals surface area contributed by atoms with Crippen molar-refractivity contribution in [2.45, 2.75) is 25.3 Å². The maximum absolute atomic E-state index is 5.35. The Hall–Kier alpha value is -2.30. The van der Waals surface area contributed by atoms with Crippen LogP contribution in [0.3, 0.4) is 0 Å². The van der Waals surface area contributed by atoms with Crippen LogP contribution in [-0.2, 0) is 6.54 Å². The molecule has 1 aromatic carbocycles. The number of anilines is 1. The summed E-state index contributed by atoms with van der Waals surface area (Å²) < 4.78 is 10.6. The van der Waals surface area contributed by atoms with Crippen LogP contribution in [-0.4, -0.2) is 31.2 Å². The lowest BCUT2D eigenvalue weighted by molar-refractivity contribution is 0.354. The molecule has 0 radical (unpaired) electrons. The molecule has 5 nitrogen and oxygen atoms in total. The highest BCUT2D eigenvalue weighted by Gasteiger charge is 2.25. The van der Waals surface area contributed by atoms with E-state index in [1.54, 1.807) is 20.5 Å². The number of nitrogens with zero attached hydrogens (tertiary/aromatic N) is 3. The lowest BCUT2D eigenvalue weighted by Crippen LogP contribution is -2.18. The molecular formula is C17H21N3O2. The molecular weight excluding hydrogens is 278 g/mol. The predicted octanol–water partition coefficient (Wildman–Crippen LogP) is 3.01. The van der Waals surface area contributed by atoms with Crippen LogP contribution < -0.4 is 14.4 Å². The Bertz CT molecular complexity index is 656. The minimum atomic E-state index is 0.635. The van der Waals surface area contributed by atoms with E-state index in [0.29, 0.717) is 5.92 Å². The molecule has 116 valence electrons.